The lowest BCUT2D eigenvalue weighted by molar-refractivity contribution is -0.126. The van der Waals surface area contributed by atoms with E-state index in [1.807, 2.05) is 30.5 Å². The molecule has 1 aromatic heterocycles. The van der Waals surface area contributed by atoms with E-state index in [2.05, 4.69) is 78.9 Å². The van der Waals surface area contributed by atoms with Gasteiger partial charge in [-0.2, -0.15) is 0 Å². The lowest BCUT2D eigenvalue weighted by atomic mass is 9.93. The molecule has 0 fully saturated rings. The Balaban J connectivity index is 1.54. The van der Waals surface area contributed by atoms with Gasteiger partial charge in [-0.25, -0.2) is 0 Å². The monoisotopic (exact) mass is 504 g/mol. The third kappa shape index (κ3) is 6.43. The first-order valence-electron chi connectivity index (χ1n) is 13.1. The minimum atomic E-state index is -1.10. The SMILES string of the molecule is CCCN1Cc2ccccc2C1(OCCc1ccccn1)c1ccc(OCOCC[Si](C)(C)C)cc1. The van der Waals surface area contributed by atoms with Gasteiger partial charge in [-0.1, -0.05) is 69.0 Å². The summed E-state index contributed by atoms with van der Waals surface area (Å²) in [5.41, 5.74) is 4.07. The minimum absolute atomic E-state index is 0.278. The molecule has 0 aliphatic carbocycles. The Morgan fingerprint density at radius 3 is 2.44 bits per heavy atom. The van der Waals surface area contributed by atoms with Gasteiger partial charge in [0.1, 0.15) is 5.75 Å². The number of ether oxygens (including phenoxy) is 3. The predicted molar refractivity (Wildman–Crippen MR) is 148 cm³/mol. The van der Waals surface area contributed by atoms with Crippen molar-refractivity contribution in [3.63, 3.8) is 0 Å². The molecule has 0 bridgehead atoms. The van der Waals surface area contributed by atoms with Gasteiger partial charge in [0.15, 0.2) is 12.5 Å². The molecule has 1 aliphatic rings. The maximum absolute atomic E-state index is 6.88. The number of aromatic nitrogens is 1. The van der Waals surface area contributed by atoms with E-state index in [4.69, 9.17) is 14.2 Å². The Hall–Kier alpha value is -2.51. The Morgan fingerprint density at radius 1 is 0.944 bits per heavy atom. The molecule has 192 valence electrons. The maximum atomic E-state index is 6.88. The molecular formula is C30H40N2O3Si. The van der Waals surface area contributed by atoms with Crippen molar-refractivity contribution in [2.45, 2.75) is 57.7 Å². The molecule has 0 spiro atoms. The van der Waals surface area contributed by atoms with Crippen molar-refractivity contribution in [2.75, 3.05) is 26.6 Å². The molecule has 6 heteroatoms. The average molecular weight is 505 g/mol. The number of nitrogens with zero attached hydrogens (tertiary/aromatic N) is 2. The third-order valence-corrected chi connectivity index (χ3v) is 8.33. The van der Waals surface area contributed by atoms with Gasteiger partial charge in [0, 0.05) is 57.2 Å². The summed E-state index contributed by atoms with van der Waals surface area (Å²) in [6.45, 7) is 12.7. The zero-order valence-electron chi connectivity index (χ0n) is 22.2. The average Bonchev–Trinajstić information content (AvgIpc) is 3.18. The molecule has 0 saturated carbocycles. The van der Waals surface area contributed by atoms with E-state index in [1.165, 1.54) is 11.1 Å². The normalized spacial score (nSPS) is 17.8. The van der Waals surface area contributed by atoms with E-state index in [0.717, 1.165) is 55.6 Å². The third-order valence-electron chi connectivity index (χ3n) is 6.63. The van der Waals surface area contributed by atoms with E-state index in [1.54, 1.807) is 0 Å². The molecular weight excluding hydrogens is 464 g/mol. The highest BCUT2D eigenvalue weighted by atomic mass is 28.3. The highest BCUT2D eigenvalue weighted by molar-refractivity contribution is 6.76. The second kappa shape index (κ2) is 12.1. The highest BCUT2D eigenvalue weighted by Crippen LogP contribution is 2.45. The predicted octanol–water partition coefficient (Wildman–Crippen LogP) is 6.46. The number of rotatable bonds is 13. The van der Waals surface area contributed by atoms with Crippen LogP contribution in [0.25, 0.3) is 0 Å². The summed E-state index contributed by atoms with van der Waals surface area (Å²) in [6.07, 6.45) is 3.66. The van der Waals surface area contributed by atoms with E-state index in [-0.39, 0.29) is 6.79 Å². The van der Waals surface area contributed by atoms with Crippen LogP contribution in [0.15, 0.2) is 72.9 Å². The van der Waals surface area contributed by atoms with Crippen LogP contribution in [0.1, 0.15) is 35.7 Å². The second-order valence-electron chi connectivity index (χ2n) is 10.6. The van der Waals surface area contributed by atoms with Crippen LogP contribution in [0.5, 0.6) is 5.75 Å². The fourth-order valence-electron chi connectivity index (χ4n) is 4.75. The second-order valence-corrected chi connectivity index (χ2v) is 16.3. The Kier molecular flexibility index (Phi) is 8.96. The number of hydrogen-bond acceptors (Lipinski definition) is 5. The van der Waals surface area contributed by atoms with Crippen molar-refractivity contribution < 1.29 is 14.2 Å². The van der Waals surface area contributed by atoms with Crippen LogP contribution in [-0.4, -0.2) is 44.5 Å². The molecule has 36 heavy (non-hydrogen) atoms. The fraction of sp³-hybridized carbons (Fsp3) is 0.433. The summed E-state index contributed by atoms with van der Waals surface area (Å²) in [5, 5.41) is 0. The van der Waals surface area contributed by atoms with Crippen LogP contribution >= 0.6 is 0 Å². The molecule has 0 amide bonds. The first-order chi connectivity index (χ1) is 17.4. The van der Waals surface area contributed by atoms with Gasteiger partial charge in [-0.3, -0.25) is 9.88 Å². The van der Waals surface area contributed by atoms with Crippen molar-refractivity contribution in [1.82, 2.24) is 9.88 Å². The molecule has 0 saturated heterocycles. The summed E-state index contributed by atoms with van der Waals surface area (Å²) in [4.78, 5) is 6.95. The van der Waals surface area contributed by atoms with Crippen LogP contribution in [-0.2, 0) is 28.2 Å². The quantitative estimate of drug-likeness (QED) is 0.152. The molecule has 1 aliphatic heterocycles. The minimum Gasteiger partial charge on any atom is -0.468 e. The fourth-order valence-corrected chi connectivity index (χ4v) is 5.50. The molecule has 3 aromatic rings. The summed E-state index contributed by atoms with van der Waals surface area (Å²) >= 11 is 0. The summed E-state index contributed by atoms with van der Waals surface area (Å²) in [5.74, 6) is 0.809. The Morgan fingerprint density at radius 2 is 1.72 bits per heavy atom. The van der Waals surface area contributed by atoms with Crippen LogP contribution in [0.4, 0.5) is 0 Å². The van der Waals surface area contributed by atoms with Crippen molar-refractivity contribution >= 4 is 8.07 Å². The van der Waals surface area contributed by atoms with Gasteiger partial charge in [0.05, 0.1) is 6.61 Å². The van der Waals surface area contributed by atoms with Crippen molar-refractivity contribution in [1.29, 1.82) is 0 Å². The molecule has 1 unspecified atom stereocenters. The van der Waals surface area contributed by atoms with E-state index >= 15 is 0 Å². The van der Waals surface area contributed by atoms with Crippen molar-refractivity contribution in [2.24, 2.45) is 0 Å². The van der Waals surface area contributed by atoms with Gasteiger partial charge < -0.3 is 14.2 Å². The first kappa shape index (κ1) is 26.5. The standard InChI is InChI=1S/C30H40N2O3Si/c1-5-19-32-23-25-10-6-7-12-29(25)30(32,35-20-17-27-11-8-9-18-31-27)26-13-15-28(16-14-26)34-24-33-21-22-36(2,3)4/h6-16,18H,5,17,19-24H2,1-4H3. The number of fused-ring (bicyclic) bond motifs is 1. The smallest absolute Gasteiger partial charge is 0.189 e. The molecule has 1 atom stereocenters. The van der Waals surface area contributed by atoms with Gasteiger partial charge in [-0.05, 0) is 42.3 Å². The van der Waals surface area contributed by atoms with Crippen LogP contribution in [0.2, 0.25) is 25.7 Å². The zero-order chi connectivity index (χ0) is 25.4. The van der Waals surface area contributed by atoms with Gasteiger partial charge >= 0.3 is 0 Å². The van der Waals surface area contributed by atoms with Gasteiger partial charge in [0.25, 0.3) is 0 Å². The summed E-state index contributed by atoms with van der Waals surface area (Å²) < 4.78 is 18.5. The van der Waals surface area contributed by atoms with Gasteiger partial charge in [0.2, 0.25) is 0 Å². The molecule has 2 aromatic carbocycles. The van der Waals surface area contributed by atoms with E-state index in [0.29, 0.717) is 6.61 Å². The van der Waals surface area contributed by atoms with Gasteiger partial charge in [-0.15, -0.1) is 0 Å². The lowest BCUT2D eigenvalue weighted by Gasteiger charge is -2.39. The van der Waals surface area contributed by atoms with Crippen molar-refractivity contribution in [3.05, 3.63) is 95.3 Å². The van der Waals surface area contributed by atoms with Crippen LogP contribution < -0.4 is 4.74 Å². The molecule has 5 nitrogen and oxygen atoms in total. The topological polar surface area (TPSA) is 43.8 Å². The highest BCUT2D eigenvalue weighted by Gasteiger charge is 2.47. The lowest BCUT2D eigenvalue weighted by Crippen LogP contribution is -2.45. The number of pyridine rings is 1. The number of benzene rings is 2. The van der Waals surface area contributed by atoms with E-state index in [9.17, 15) is 0 Å². The van der Waals surface area contributed by atoms with E-state index < -0.39 is 13.8 Å². The van der Waals surface area contributed by atoms with Crippen LogP contribution in [0, 0.1) is 0 Å². The molecule has 0 N–H and O–H groups in total. The largest absolute Gasteiger partial charge is 0.468 e. The Bertz CT molecular complexity index is 1090. The van der Waals surface area contributed by atoms with Crippen molar-refractivity contribution in [3.8, 4) is 5.75 Å². The van der Waals surface area contributed by atoms with Crippen LogP contribution in [0.3, 0.4) is 0 Å². The molecule has 2 heterocycles. The maximum Gasteiger partial charge on any atom is 0.189 e. The zero-order valence-corrected chi connectivity index (χ0v) is 23.2. The molecule has 0 radical (unpaired) electrons. The summed E-state index contributed by atoms with van der Waals surface area (Å²) in [6, 6.07) is 24.2. The number of hydrogen-bond donors (Lipinski definition) is 0. The molecule has 4 rings (SSSR count). The Labute approximate surface area is 217 Å². The first-order valence-corrected chi connectivity index (χ1v) is 16.8. The summed E-state index contributed by atoms with van der Waals surface area (Å²) in [7, 11) is -1.10.